The molecule has 0 fully saturated rings. The lowest BCUT2D eigenvalue weighted by Crippen LogP contribution is -2.42. The van der Waals surface area contributed by atoms with Crippen LogP contribution in [0.2, 0.25) is 0 Å². The maximum atomic E-state index is 13.5. The molecule has 2 heterocycles. The van der Waals surface area contributed by atoms with Crippen LogP contribution in [0.1, 0.15) is 27.0 Å². The number of amides is 1. The highest BCUT2D eigenvalue weighted by Gasteiger charge is 2.32. The second-order valence-electron chi connectivity index (χ2n) is 7.04. The number of hydrogen-bond acceptors (Lipinski definition) is 4. The van der Waals surface area contributed by atoms with Crippen LogP contribution in [0.25, 0.3) is 5.70 Å². The van der Waals surface area contributed by atoms with Crippen molar-refractivity contribution in [2.45, 2.75) is 19.0 Å². The van der Waals surface area contributed by atoms with Gasteiger partial charge >= 0.3 is 0 Å². The number of nitrogens with one attached hydrogen (secondary N) is 1. The number of nitrogens with two attached hydrogens (primary N) is 1. The van der Waals surface area contributed by atoms with E-state index in [9.17, 15) is 9.18 Å². The Bertz CT molecular complexity index is 911. The number of halogens is 1. The van der Waals surface area contributed by atoms with Crippen LogP contribution in [0.4, 0.5) is 4.39 Å². The minimum atomic E-state index is -0.272. The van der Waals surface area contributed by atoms with Gasteiger partial charge in [0.1, 0.15) is 5.82 Å². The lowest BCUT2D eigenvalue weighted by Gasteiger charge is -2.26. The molecule has 2 aromatic carbocycles. The molecule has 3 N–H and O–H groups in total. The Morgan fingerprint density at radius 2 is 2.11 bits per heavy atom. The van der Waals surface area contributed by atoms with E-state index in [1.54, 1.807) is 6.07 Å². The zero-order valence-electron chi connectivity index (χ0n) is 15.3. The third kappa shape index (κ3) is 3.34. The van der Waals surface area contributed by atoms with Gasteiger partial charge in [-0.2, -0.15) is 0 Å². The van der Waals surface area contributed by atoms with Crippen LogP contribution in [0.3, 0.4) is 0 Å². The molecule has 6 heteroatoms. The van der Waals surface area contributed by atoms with Crippen LogP contribution < -0.4 is 11.2 Å². The largest absolute Gasteiger partial charge is 0.330 e. The minimum absolute atomic E-state index is 0.00437. The third-order valence-corrected chi connectivity index (χ3v) is 5.29. The lowest BCUT2D eigenvalue weighted by atomic mass is 10.0. The molecular formula is C21H23FN4O. The summed E-state index contributed by atoms with van der Waals surface area (Å²) >= 11 is 0. The Morgan fingerprint density at radius 1 is 1.26 bits per heavy atom. The molecule has 2 aromatic rings. The van der Waals surface area contributed by atoms with Crippen molar-refractivity contribution >= 4 is 11.6 Å². The van der Waals surface area contributed by atoms with Crippen LogP contribution in [-0.2, 0) is 13.0 Å². The van der Waals surface area contributed by atoms with E-state index >= 15 is 0 Å². The van der Waals surface area contributed by atoms with Crippen molar-refractivity contribution in [3.8, 4) is 0 Å². The summed E-state index contributed by atoms with van der Waals surface area (Å²) in [5.74, 6) is -0.276. The number of fused-ring (bicyclic) bond motifs is 1. The topological polar surface area (TPSA) is 61.6 Å². The van der Waals surface area contributed by atoms with Gasteiger partial charge in [0.05, 0.1) is 5.70 Å². The molecule has 5 nitrogen and oxygen atoms in total. The normalized spacial score (nSPS) is 17.3. The smallest absolute Gasteiger partial charge is 0.254 e. The molecular weight excluding hydrogens is 343 g/mol. The van der Waals surface area contributed by atoms with E-state index in [1.165, 1.54) is 12.1 Å². The van der Waals surface area contributed by atoms with Crippen LogP contribution in [0.15, 0.2) is 48.5 Å². The average molecular weight is 366 g/mol. The van der Waals surface area contributed by atoms with Gasteiger partial charge in [-0.1, -0.05) is 18.2 Å². The first-order valence-electron chi connectivity index (χ1n) is 9.13. The monoisotopic (exact) mass is 366 g/mol. The number of carbonyl (C=O) groups is 1. The van der Waals surface area contributed by atoms with E-state index in [4.69, 9.17) is 5.73 Å². The van der Waals surface area contributed by atoms with Crippen molar-refractivity contribution in [1.82, 2.24) is 15.3 Å². The Labute approximate surface area is 158 Å². The van der Waals surface area contributed by atoms with Crippen molar-refractivity contribution < 1.29 is 9.18 Å². The van der Waals surface area contributed by atoms with Gasteiger partial charge in [-0.15, -0.1) is 0 Å². The van der Waals surface area contributed by atoms with Gasteiger partial charge < -0.3 is 15.6 Å². The molecule has 0 aromatic heterocycles. The minimum Gasteiger partial charge on any atom is -0.330 e. The molecule has 0 radical (unpaired) electrons. The predicted octanol–water partition coefficient (Wildman–Crippen LogP) is 2.14. The number of hydrogen-bond donors (Lipinski definition) is 2. The van der Waals surface area contributed by atoms with E-state index in [2.05, 4.69) is 17.6 Å². The van der Waals surface area contributed by atoms with E-state index < -0.39 is 0 Å². The molecule has 1 atom stereocenters. The van der Waals surface area contributed by atoms with Crippen molar-refractivity contribution in [1.29, 1.82) is 0 Å². The molecule has 0 spiro atoms. The Kier molecular flexibility index (Phi) is 4.68. The van der Waals surface area contributed by atoms with Crippen molar-refractivity contribution in [2.24, 2.45) is 5.73 Å². The molecule has 0 aliphatic carbocycles. The molecule has 0 saturated heterocycles. The second kappa shape index (κ2) is 7.13. The van der Waals surface area contributed by atoms with Crippen molar-refractivity contribution in [2.75, 3.05) is 20.1 Å². The van der Waals surface area contributed by atoms with Gasteiger partial charge in [-0.05, 0) is 53.5 Å². The van der Waals surface area contributed by atoms with E-state index in [1.807, 2.05) is 35.2 Å². The molecule has 0 unspecified atom stereocenters. The SMILES string of the molecule is CN1NCC=C1c1ccc2c(c1)CN([C@H](CN)Cc1cccc(F)c1)C2=O. The number of hydrazine groups is 1. The quantitative estimate of drug-likeness (QED) is 0.851. The Hall–Kier alpha value is -2.70. The van der Waals surface area contributed by atoms with Gasteiger partial charge in [-0.25, -0.2) is 9.82 Å². The van der Waals surface area contributed by atoms with E-state index in [0.29, 0.717) is 19.5 Å². The summed E-state index contributed by atoms with van der Waals surface area (Å²) in [4.78, 5) is 14.7. The van der Waals surface area contributed by atoms with Gasteiger partial charge in [-0.3, -0.25) is 4.79 Å². The average Bonchev–Trinajstić information content (AvgIpc) is 3.23. The fraction of sp³-hybridized carbons (Fsp3) is 0.286. The molecule has 140 valence electrons. The summed E-state index contributed by atoms with van der Waals surface area (Å²) in [6, 6.07) is 12.3. The summed E-state index contributed by atoms with van der Waals surface area (Å²) in [6.07, 6.45) is 2.67. The number of nitrogens with zero attached hydrogens (tertiary/aromatic N) is 2. The highest BCUT2D eigenvalue weighted by atomic mass is 19.1. The second-order valence-corrected chi connectivity index (χ2v) is 7.04. The molecule has 0 bridgehead atoms. The summed E-state index contributed by atoms with van der Waals surface area (Å²) < 4.78 is 13.5. The molecule has 2 aliphatic rings. The van der Waals surface area contributed by atoms with Gasteiger partial charge in [0, 0.05) is 38.3 Å². The maximum Gasteiger partial charge on any atom is 0.254 e. The van der Waals surface area contributed by atoms with Gasteiger partial charge in [0.25, 0.3) is 5.91 Å². The van der Waals surface area contributed by atoms with Crippen molar-refractivity contribution in [3.63, 3.8) is 0 Å². The first kappa shape index (κ1) is 17.7. The van der Waals surface area contributed by atoms with Gasteiger partial charge in [0.15, 0.2) is 0 Å². The standard InChI is InChI=1S/C21H23FN4O/c1-25-20(7-8-24-25)15-5-6-19-16(11-15)13-26(21(19)27)18(12-23)10-14-3-2-4-17(22)9-14/h2-7,9,11,18,24H,8,10,12-13,23H2,1H3/t18-/m0/s1. The third-order valence-electron chi connectivity index (χ3n) is 5.29. The zero-order valence-corrected chi connectivity index (χ0v) is 15.3. The number of carbonyl (C=O) groups excluding carboxylic acids is 1. The fourth-order valence-electron chi connectivity index (χ4n) is 3.87. The number of rotatable bonds is 5. The molecule has 27 heavy (non-hydrogen) atoms. The lowest BCUT2D eigenvalue weighted by molar-refractivity contribution is 0.0708. The first-order chi connectivity index (χ1) is 13.1. The highest BCUT2D eigenvalue weighted by Crippen LogP contribution is 2.30. The summed E-state index contributed by atoms with van der Waals surface area (Å²) in [5.41, 5.74) is 14.0. The Balaban J connectivity index is 1.56. The summed E-state index contributed by atoms with van der Waals surface area (Å²) in [5, 5.41) is 1.99. The zero-order chi connectivity index (χ0) is 19.0. The maximum absolute atomic E-state index is 13.5. The van der Waals surface area contributed by atoms with E-state index in [0.717, 1.165) is 34.5 Å². The molecule has 1 amide bonds. The molecule has 0 saturated carbocycles. The van der Waals surface area contributed by atoms with Crippen molar-refractivity contribution in [3.05, 3.63) is 76.6 Å². The molecule has 4 rings (SSSR count). The van der Waals surface area contributed by atoms with Crippen LogP contribution in [0.5, 0.6) is 0 Å². The predicted molar refractivity (Wildman–Crippen MR) is 103 cm³/mol. The molecule has 2 aliphatic heterocycles. The summed E-state index contributed by atoms with van der Waals surface area (Å²) in [7, 11) is 1.98. The number of benzene rings is 2. The highest BCUT2D eigenvalue weighted by molar-refractivity contribution is 5.99. The Morgan fingerprint density at radius 3 is 2.81 bits per heavy atom. The first-order valence-corrected chi connectivity index (χ1v) is 9.13. The van der Waals surface area contributed by atoms with Crippen LogP contribution in [0, 0.1) is 5.82 Å². The van der Waals surface area contributed by atoms with Crippen LogP contribution in [-0.4, -0.2) is 42.0 Å². The van der Waals surface area contributed by atoms with E-state index in [-0.39, 0.29) is 17.8 Å². The fourth-order valence-corrected chi connectivity index (χ4v) is 3.87. The van der Waals surface area contributed by atoms with Gasteiger partial charge in [0.2, 0.25) is 0 Å². The van der Waals surface area contributed by atoms with Crippen LogP contribution >= 0.6 is 0 Å². The summed E-state index contributed by atoms with van der Waals surface area (Å²) in [6.45, 7) is 1.67.